The van der Waals surface area contributed by atoms with Crippen LogP contribution in [0, 0.1) is 0 Å². The fraction of sp³-hybridized carbons (Fsp3) is 0.467. The Labute approximate surface area is 171 Å². The summed E-state index contributed by atoms with van der Waals surface area (Å²) in [6, 6.07) is 3.86. The van der Waals surface area contributed by atoms with Crippen LogP contribution in [0.25, 0.3) is 0 Å². The van der Waals surface area contributed by atoms with Crippen LogP contribution in [0.5, 0.6) is 6.01 Å². The molecule has 130 valence electrons. The average Bonchev–Trinajstić information content (AvgIpc) is 3.19. The standard InChI is InChI=1S/C5H6N2O.C4H3ClN2.C4H8O.CH3O.CH4.Na/c1-8-5-6-3-2-4-7-5;5-4-6-2-1-3-7-4;1-2-4-5-3-1;1-2;;/h2-4H,1H3;1-3H;1-4H2;1H3;1H4;/q;;;-1;;+1. The van der Waals surface area contributed by atoms with Gasteiger partial charge in [-0.15, -0.1) is 0 Å². The van der Waals surface area contributed by atoms with Gasteiger partial charge < -0.3 is 14.6 Å². The third-order valence-electron chi connectivity index (χ3n) is 2.09. The molecule has 1 fully saturated rings. The van der Waals surface area contributed by atoms with Crippen molar-refractivity contribution < 1.29 is 44.1 Å². The van der Waals surface area contributed by atoms with Crippen molar-refractivity contribution in [1.29, 1.82) is 0 Å². The van der Waals surface area contributed by atoms with Crippen LogP contribution in [-0.2, 0) is 4.74 Å². The van der Waals surface area contributed by atoms with Crippen molar-refractivity contribution in [1.82, 2.24) is 19.9 Å². The van der Waals surface area contributed by atoms with E-state index in [2.05, 4.69) is 19.9 Å². The Kier molecular flexibility index (Phi) is 25.9. The summed E-state index contributed by atoms with van der Waals surface area (Å²) in [4.78, 5) is 14.8. The van der Waals surface area contributed by atoms with E-state index in [1.807, 2.05) is 0 Å². The molecule has 0 unspecified atom stereocenters. The summed E-state index contributed by atoms with van der Waals surface area (Å²) < 4.78 is 9.64. The van der Waals surface area contributed by atoms with E-state index in [1.165, 1.54) is 20.0 Å². The summed E-state index contributed by atoms with van der Waals surface area (Å²) in [5.74, 6) is 0. The minimum Gasteiger partial charge on any atom is -0.857 e. The van der Waals surface area contributed by atoms with E-state index in [4.69, 9.17) is 26.2 Å². The van der Waals surface area contributed by atoms with Crippen molar-refractivity contribution in [3.8, 4) is 6.01 Å². The Morgan fingerprint density at radius 1 is 0.958 bits per heavy atom. The zero-order valence-electron chi connectivity index (χ0n) is 13.7. The van der Waals surface area contributed by atoms with Gasteiger partial charge in [-0.25, -0.2) is 19.9 Å². The van der Waals surface area contributed by atoms with E-state index in [9.17, 15) is 0 Å². The molecule has 0 bridgehead atoms. The number of methoxy groups -OCH3 is 1. The van der Waals surface area contributed by atoms with Crippen LogP contribution in [0.4, 0.5) is 0 Å². The molecule has 2 aromatic rings. The summed E-state index contributed by atoms with van der Waals surface area (Å²) in [7, 11) is 2.29. The fourth-order valence-corrected chi connectivity index (χ4v) is 1.29. The van der Waals surface area contributed by atoms with Gasteiger partial charge in [-0.2, -0.15) is 7.11 Å². The number of halogens is 1. The molecule has 0 atom stereocenters. The second-order valence-corrected chi connectivity index (χ2v) is 3.91. The molecule has 9 heteroatoms. The van der Waals surface area contributed by atoms with Gasteiger partial charge in [0, 0.05) is 38.0 Å². The molecule has 3 heterocycles. The molecule has 0 N–H and O–H groups in total. The molecule has 1 aliphatic heterocycles. The summed E-state index contributed by atoms with van der Waals surface area (Å²) in [6.45, 7) is 2.00. The van der Waals surface area contributed by atoms with Crippen LogP contribution < -0.4 is 39.4 Å². The molecule has 0 aromatic carbocycles. The number of hydrogen-bond acceptors (Lipinski definition) is 7. The Balaban J connectivity index is -0.000000256. The van der Waals surface area contributed by atoms with Crippen LogP contribution in [-0.4, -0.2) is 47.4 Å². The Bertz CT molecular complexity index is 443. The van der Waals surface area contributed by atoms with Crippen LogP contribution in [0.2, 0.25) is 5.28 Å². The normalized spacial score (nSPS) is 10.7. The van der Waals surface area contributed by atoms with Gasteiger partial charge in [0.05, 0.1) is 7.11 Å². The summed E-state index contributed by atoms with van der Waals surface area (Å²) in [5.41, 5.74) is 0. The monoisotopic (exact) mass is 366 g/mol. The quantitative estimate of drug-likeness (QED) is 0.473. The van der Waals surface area contributed by atoms with Crippen LogP contribution in [0.3, 0.4) is 0 Å². The fourth-order valence-electron chi connectivity index (χ4n) is 1.18. The van der Waals surface area contributed by atoms with Gasteiger partial charge in [-0.05, 0) is 36.6 Å². The number of aromatic nitrogens is 4. The third kappa shape index (κ3) is 17.5. The van der Waals surface area contributed by atoms with E-state index < -0.39 is 0 Å². The van der Waals surface area contributed by atoms with E-state index in [1.54, 1.807) is 36.9 Å². The van der Waals surface area contributed by atoms with Crippen molar-refractivity contribution in [3.05, 3.63) is 42.2 Å². The summed E-state index contributed by atoms with van der Waals surface area (Å²) >= 11 is 5.32. The number of ether oxygens (including phenoxy) is 2. The average molecular weight is 367 g/mol. The van der Waals surface area contributed by atoms with Crippen molar-refractivity contribution in [3.63, 3.8) is 0 Å². The van der Waals surface area contributed by atoms with Gasteiger partial charge in [0.1, 0.15) is 0 Å². The maximum atomic E-state index is 8.25. The number of nitrogens with zero attached hydrogens (tertiary/aromatic N) is 4. The maximum absolute atomic E-state index is 8.25. The molecule has 0 saturated carbocycles. The molecular formula is C15H24ClN4NaO3. The predicted octanol–water partition coefficient (Wildman–Crippen LogP) is -0.971. The Morgan fingerprint density at radius 2 is 1.38 bits per heavy atom. The molecule has 1 saturated heterocycles. The van der Waals surface area contributed by atoms with Gasteiger partial charge in [0.25, 0.3) is 0 Å². The van der Waals surface area contributed by atoms with Crippen LogP contribution in [0.1, 0.15) is 20.3 Å². The van der Waals surface area contributed by atoms with Gasteiger partial charge in [-0.3, -0.25) is 0 Å². The molecule has 24 heavy (non-hydrogen) atoms. The summed E-state index contributed by atoms with van der Waals surface area (Å²) in [5, 5.41) is 8.54. The first-order chi connectivity index (χ1) is 10.8. The zero-order chi connectivity index (χ0) is 16.5. The molecule has 0 aliphatic carbocycles. The Morgan fingerprint density at radius 3 is 1.58 bits per heavy atom. The van der Waals surface area contributed by atoms with Gasteiger partial charge in [0.15, 0.2) is 0 Å². The smallest absolute Gasteiger partial charge is 0.857 e. The van der Waals surface area contributed by atoms with Crippen molar-refractivity contribution in [2.75, 3.05) is 27.4 Å². The third-order valence-corrected chi connectivity index (χ3v) is 2.28. The van der Waals surface area contributed by atoms with Gasteiger partial charge >= 0.3 is 35.6 Å². The number of hydrogen-bond donors (Lipinski definition) is 0. The minimum absolute atomic E-state index is 0. The molecule has 7 nitrogen and oxygen atoms in total. The predicted molar refractivity (Wildman–Crippen MR) is 88.3 cm³/mol. The van der Waals surface area contributed by atoms with E-state index in [-0.39, 0.29) is 37.0 Å². The van der Waals surface area contributed by atoms with Crippen molar-refractivity contribution in [2.24, 2.45) is 0 Å². The zero-order valence-corrected chi connectivity index (χ0v) is 16.4. The second-order valence-electron chi connectivity index (χ2n) is 3.57. The van der Waals surface area contributed by atoms with Crippen molar-refractivity contribution in [2.45, 2.75) is 20.3 Å². The molecule has 2 aromatic heterocycles. The molecule has 0 radical (unpaired) electrons. The minimum atomic E-state index is 0. The first kappa shape index (κ1) is 28.0. The summed E-state index contributed by atoms with van der Waals surface area (Å²) in [6.07, 6.45) is 9.00. The SMILES string of the molecule is C.C1CCOC1.COc1ncccn1.C[O-].Clc1ncccn1.[Na+]. The van der Waals surface area contributed by atoms with Crippen LogP contribution >= 0.6 is 11.6 Å². The topological polar surface area (TPSA) is 93.1 Å². The Hall–Kier alpha value is -0.830. The van der Waals surface area contributed by atoms with Gasteiger partial charge in [0.2, 0.25) is 5.28 Å². The molecule has 0 amide bonds. The van der Waals surface area contributed by atoms with E-state index >= 15 is 0 Å². The number of rotatable bonds is 1. The molecular weight excluding hydrogens is 343 g/mol. The molecule has 0 spiro atoms. The van der Waals surface area contributed by atoms with E-state index in [0.29, 0.717) is 11.3 Å². The first-order valence-electron chi connectivity index (χ1n) is 6.55. The van der Waals surface area contributed by atoms with Crippen LogP contribution in [0.15, 0.2) is 36.9 Å². The second kappa shape index (κ2) is 22.2. The molecule has 3 rings (SSSR count). The van der Waals surface area contributed by atoms with E-state index in [0.717, 1.165) is 20.3 Å². The maximum Gasteiger partial charge on any atom is 1.00 e. The largest absolute Gasteiger partial charge is 1.00 e. The van der Waals surface area contributed by atoms with Crippen molar-refractivity contribution >= 4 is 11.6 Å². The molecule has 1 aliphatic rings. The first-order valence-corrected chi connectivity index (χ1v) is 6.93. The van der Waals surface area contributed by atoms with Gasteiger partial charge in [-0.1, -0.05) is 7.43 Å².